The Morgan fingerprint density at radius 1 is 1.05 bits per heavy atom. The van der Waals surface area contributed by atoms with E-state index in [-0.39, 0.29) is 5.91 Å². The average molecular weight is 291 g/mol. The molecular formula is C18H17N3O. The van der Waals surface area contributed by atoms with Gasteiger partial charge in [0.05, 0.1) is 17.8 Å². The molecule has 1 aromatic heterocycles. The molecule has 0 unspecified atom stereocenters. The summed E-state index contributed by atoms with van der Waals surface area (Å²) in [6.07, 6.45) is 0.347. The highest BCUT2D eigenvalue weighted by Gasteiger charge is 2.11. The van der Waals surface area contributed by atoms with E-state index in [0.717, 1.165) is 16.9 Å². The van der Waals surface area contributed by atoms with E-state index in [1.807, 2.05) is 73.7 Å². The number of nitrogens with zero attached hydrogens (tertiary/aromatic N) is 2. The van der Waals surface area contributed by atoms with E-state index in [0.29, 0.717) is 12.2 Å². The summed E-state index contributed by atoms with van der Waals surface area (Å²) in [6, 6.07) is 21.3. The minimum absolute atomic E-state index is 0.0525. The van der Waals surface area contributed by atoms with Gasteiger partial charge in [-0.1, -0.05) is 48.5 Å². The molecule has 22 heavy (non-hydrogen) atoms. The molecule has 0 atom stereocenters. The first-order valence-electron chi connectivity index (χ1n) is 7.18. The SMILES string of the molecule is Cc1cc(NC(=O)Cc2ccccc2)n(-c2ccccc2)n1. The summed E-state index contributed by atoms with van der Waals surface area (Å²) in [4.78, 5) is 12.2. The third-order valence-corrected chi connectivity index (χ3v) is 3.31. The standard InChI is InChI=1S/C18H17N3O/c1-14-12-17(21(20-14)16-10-6-3-7-11-16)19-18(22)13-15-8-4-2-5-9-15/h2-12H,13H2,1H3,(H,19,22). The maximum Gasteiger partial charge on any atom is 0.229 e. The Hall–Kier alpha value is -2.88. The van der Waals surface area contributed by atoms with Crippen molar-refractivity contribution in [2.24, 2.45) is 0 Å². The van der Waals surface area contributed by atoms with Gasteiger partial charge >= 0.3 is 0 Å². The van der Waals surface area contributed by atoms with Crippen LogP contribution in [0.5, 0.6) is 0 Å². The molecule has 1 N–H and O–H groups in total. The molecule has 0 radical (unpaired) electrons. The van der Waals surface area contributed by atoms with Crippen molar-refractivity contribution in [3.8, 4) is 5.69 Å². The number of aromatic nitrogens is 2. The van der Waals surface area contributed by atoms with Crippen LogP contribution in [0.1, 0.15) is 11.3 Å². The topological polar surface area (TPSA) is 46.9 Å². The Morgan fingerprint density at radius 2 is 1.68 bits per heavy atom. The zero-order valence-electron chi connectivity index (χ0n) is 12.4. The van der Waals surface area contributed by atoms with E-state index < -0.39 is 0 Å². The van der Waals surface area contributed by atoms with Crippen LogP contribution < -0.4 is 5.32 Å². The average Bonchev–Trinajstić information content (AvgIpc) is 2.89. The van der Waals surface area contributed by atoms with Crippen LogP contribution in [0.3, 0.4) is 0 Å². The number of carbonyl (C=O) groups is 1. The highest BCUT2D eigenvalue weighted by molar-refractivity contribution is 5.91. The smallest absolute Gasteiger partial charge is 0.229 e. The van der Waals surface area contributed by atoms with Gasteiger partial charge < -0.3 is 5.32 Å². The van der Waals surface area contributed by atoms with Crippen LogP contribution in [0, 0.1) is 6.92 Å². The number of carbonyl (C=O) groups excluding carboxylic acids is 1. The fourth-order valence-electron chi connectivity index (χ4n) is 2.32. The molecular weight excluding hydrogens is 274 g/mol. The fourth-order valence-corrected chi connectivity index (χ4v) is 2.32. The van der Waals surface area contributed by atoms with E-state index in [1.165, 1.54) is 0 Å². The third-order valence-electron chi connectivity index (χ3n) is 3.31. The maximum atomic E-state index is 12.2. The minimum Gasteiger partial charge on any atom is -0.310 e. The molecule has 0 spiro atoms. The van der Waals surface area contributed by atoms with Crippen LogP contribution in [-0.2, 0) is 11.2 Å². The van der Waals surface area contributed by atoms with Crippen molar-refractivity contribution in [3.05, 3.63) is 78.0 Å². The van der Waals surface area contributed by atoms with Gasteiger partial charge in [0, 0.05) is 6.07 Å². The van der Waals surface area contributed by atoms with Gasteiger partial charge in [-0.05, 0) is 24.6 Å². The Labute approximate surface area is 129 Å². The normalized spacial score (nSPS) is 10.4. The second kappa shape index (κ2) is 6.26. The summed E-state index contributed by atoms with van der Waals surface area (Å²) in [5.74, 6) is 0.632. The van der Waals surface area contributed by atoms with Gasteiger partial charge in [-0.15, -0.1) is 0 Å². The number of hydrogen-bond donors (Lipinski definition) is 1. The number of hydrogen-bond acceptors (Lipinski definition) is 2. The van der Waals surface area contributed by atoms with Gasteiger partial charge in [0.2, 0.25) is 5.91 Å². The summed E-state index contributed by atoms with van der Waals surface area (Å²) in [6.45, 7) is 1.91. The lowest BCUT2D eigenvalue weighted by Gasteiger charge is -2.09. The Balaban J connectivity index is 1.79. The molecule has 4 nitrogen and oxygen atoms in total. The molecule has 110 valence electrons. The Kier molecular flexibility index (Phi) is 4.01. The molecule has 3 rings (SSSR count). The molecule has 0 fully saturated rings. The fraction of sp³-hybridized carbons (Fsp3) is 0.111. The molecule has 4 heteroatoms. The van der Waals surface area contributed by atoms with Crippen LogP contribution in [0.2, 0.25) is 0 Å². The van der Waals surface area contributed by atoms with Crippen LogP contribution in [-0.4, -0.2) is 15.7 Å². The van der Waals surface area contributed by atoms with Gasteiger partial charge in [-0.3, -0.25) is 4.79 Å². The van der Waals surface area contributed by atoms with Crippen LogP contribution in [0.25, 0.3) is 5.69 Å². The van der Waals surface area contributed by atoms with E-state index in [9.17, 15) is 4.79 Å². The van der Waals surface area contributed by atoms with Gasteiger partial charge in [-0.25, -0.2) is 4.68 Å². The molecule has 0 saturated heterocycles. The van der Waals surface area contributed by atoms with Crippen molar-refractivity contribution in [2.75, 3.05) is 5.32 Å². The predicted octanol–water partition coefficient (Wildman–Crippen LogP) is 3.36. The lowest BCUT2D eigenvalue weighted by molar-refractivity contribution is -0.115. The number of aryl methyl sites for hydroxylation is 1. The quantitative estimate of drug-likeness (QED) is 0.801. The van der Waals surface area contributed by atoms with Gasteiger partial charge in [0.15, 0.2) is 0 Å². The third kappa shape index (κ3) is 3.23. The first-order chi connectivity index (χ1) is 10.7. The molecule has 0 aliphatic carbocycles. The second-order valence-electron chi connectivity index (χ2n) is 5.13. The molecule has 0 aliphatic rings. The molecule has 0 aliphatic heterocycles. The summed E-state index contributed by atoms with van der Waals surface area (Å²) in [7, 11) is 0. The zero-order chi connectivity index (χ0) is 15.4. The minimum atomic E-state index is -0.0525. The van der Waals surface area contributed by atoms with E-state index in [1.54, 1.807) is 4.68 Å². The van der Waals surface area contributed by atoms with E-state index >= 15 is 0 Å². The molecule has 1 heterocycles. The largest absolute Gasteiger partial charge is 0.310 e. The highest BCUT2D eigenvalue weighted by Crippen LogP contribution is 2.17. The molecule has 1 amide bonds. The lowest BCUT2D eigenvalue weighted by Crippen LogP contribution is -2.17. The van der Waals surface area contributed by atoms with Gasteiger partial charge in [0.1, 0.15) is 5.82 Å². The lowest BCUT2D eigenvalue weighted by atomic mass is 10.1. The van der Waals surface area contributed by atoms with Crippen LogP contribution in [0.4, 0.5) is 5.82 Å². The molecule has 0 bridgehead atoms. The van der Waals surface area contributed by atoms with E-state index in [4.69, 9.17) is 0 Å². The number of rotatable bonds is 4. The monoisotopic (exact) mass is 291 g/mol. The first kappa shape index (κ1) is 14.1. The maximum absolute atomic E-state index is 12.2. The van der Waals surface area contributed by atoms with Crippen LogP contribution >= 0.6 is 0 Å². The van der Waals surface area contributed by atoms with Crippen LogP contribution in [0.15, 0.2) is 66.7 Å². The number of para-hydroxylation sites is 1. The van der Waals surface area contributed by atoms with Gasteiger partial charge in [-0.2, -0.15) is 5.10 Å². The van der Waals surface area contributed by atoms with Crippen molar-refractivity contribution in [2.45, 2.75) is 13.3 Å². The zero-order valence-corrected chi connectivity index (χ0v) is 12.4. The molecule has 0 saturated carbocycles. The number of anilines is 1. The summed E-state index contributed by atoms with van der Waals surface area (Å²) < 4.78 is 1.75. The summed E-state index contributed by atoms with van der Waals surface area (Å²) in [5.41, 5.74) is 2.77. The number of amides is 1. The second-order valence-corrected chi connectivity index (χ2v) is 5.13. The number of benzene rings is 2. The highest BCUT2D eigenvalue weighted by atomic mass is 16.1. The van der Waals surface area contributed by atoms with Gasteiger partial charge in [0.25, 0.3) is 0 Å². The van der Waals surface area contributed by atoms with Crippen molar-refractivity contribution in [3.63, 3.8) is 0 Å². The van der Waals surface area contributed by atoms with Crippen molar-refractivity contribution >= 4 is 11.7 Å². The van der Waals surface area contributed by atoms with Crippen molar-refractivity contribution in [1.29, 1.82) is 0 Å². The molecule has 2 aromatic carbocycles. The Bertz CT molecular complexity index is 764. The number of nitrogens with one attached hydrogen (secondary N) is 1. The van der Waals surface area contributed by atoms with Crippen molar-refractivity contribution < 1.29 is 4.79 Å². The van der Waals surface area contributed by atoms with E-state index in [2.05, 4.69) is 10.4 Å². The van der Waals surface area contributed by atoms with Crippen molar-refractivity contribution in [1.82, 2.24) is 9.78 Å². The summed E-state index contributed by atoms with van der Waals surface area (Å²) >= 11 is 0. The summed E-state index contributed by atoms with van der Waals surface area (Å²) in [5, 5.41) is 7.38. The predicted molar refractivity (Wildman–Crippen MR) is 87.1 cm³/mol. The first-order valence-corrected chi connectivity index (χ1v) is 7.18. The molecule has 3 aromatic rings. The Morgan fingerprint density at radius 3 is 2.36 bits per heavy atom.